The van der Waals surface area contributed by atoms with Gasteiger partial charge in [-0.25, -0.2) is 0 Å². The zero-order valence-electron chi connectivity index (χ0n) is 13.6. The molecule has 1 aliphatic carbocycles. The molecule has 4 nitrogen and oxygen atoms in total. The van der Waals surface area contributed by atoms with Crippen molar-refractivity contribution in [2.45, 2.75) is 45.4 Å². The largest absolute Gasteiger partial charge is 0.380 e. The molecule has 2 aliphatic rings. The summed E-state index contributed by atoms with van der Waals surface area (Å²) < 4.78 is 11.0. The molecule has 1 saturated heterocycles. The second-order valence-corrected chi connectivity index (χ2v) is 7.00. The molecular weight excluding hydrogens is 278 g/mol. The maximum atomic E-state index is 12.6. The van der Waals surface area contributed by atoms with Crippen LogP contribution in [0.15, 0.2) is 24.3 Å². The van der Waals surface area contributed by atoms with Crippen LogP contribution in [-0.2, 0) is 16.1 Å². The Morgan fingerprint density at radius 1 is 1.45 bits per heavy atom. The first-order chi connectivity index (χ1) is 10.5. The molecule has 1 amide bonds. The summed E-state index contributed by atoms with van der Waals surface area (Å²) in [5.74, 6) is 0.454. The third-order valence-corrected chi connectivity index (χ3v) is 5.12. The molecule has 4 heteroatoms. The Hall–Kier alpha value is -1.39. The van der Waals surface area contributed by atoms with Gasteiger partial charge in [0.15, 0.2) is 0 Å². The number of carbonyl (C=O) groups excluding carboxylic acids is 1. The average Bonchev–Trinajstić information content (AvgIpc) is 2.53. The van der Waals surface area contributed by atoms with Gasteiger partial charge in [0, 0.05) is 36.7 Å². The van der Waals surface area contributed by atoms with Crippen LogP contribution in [0.1, 0.15) is 42.6 Å². The van der Waals surface area contributed by atoms with Crippen LogP contribution in [0.3, 0.4) is 0 Å². The van der Waals surface area contributed by atoms with Crippen molar-refractivity contribution in [1.29, 1.82) is 0 Å². The zero-order chi connectivity index (χ0) is 15.7. The van der Waals surface area contributed by atoms with Crippen molar-refractivity contribution in [3.63, 3.8) is 0 Å². The van der Waals surface area contributed by atoms with Gasteiger partial charge in [-0.1, -0.05) is 26.0 Å². The highest BCUT2D eigenvalue weighted by Crippen LogP contribution is 2.51. The van der Waals surface area contributed by atoms with Crippen molar-refractivity contribution in [3.8, 4) is 0 Å². The first kappa shape index (κ1) is 15.5. The number of ether oxygens (including phenoxy) is 2. The average molecular weight is 303 g/mol. The summed E-state index contributed by atoms with van der Waals surface area (Å²) in [6.07, 6.45) is 2.52. The van der Waals surface area contributed by atoms with Crippen molar-refractivity contribution in [3.05, 3.63) is 35.4 Å². The number of fused-ring (bicyclic) bond motifs is 1. The van der Waals surface area contributed by atoms with Gasteiger partial charge in [-0.05, 0) is 30.5 Å². The Kier molecular flexibility index (Phi) is 4.24. The summed E-state index contributed by atoms with van der Waals surface area (Å²) >= 11 is 0. The molecule has 0 unspecified atom stereocenters. The SMILES string of the molecule is COCc1cccc(C(=O)N[C@@H]2[C@@H]3CCCO[C@H]3C2(C)C)c1. The molecule has 120 valence electrons. The van der Waals surface area contributed by atoms with Gasteiger partial charge in [0.25, 0.3) is 5.91 Å². The van der Waals surface area contributed by atoms with Crippen LogP contribution in [0, 0.1) is 11.3 Å². The Morgan fingerprint density at radius 3 is 3.05 bits per heavy atom. The van der Waals surface area contributed by atoms with E-state index >= 15 is 0 Å². The zero-order valence-corrected chi connectivity index (χ0v) is 13.6. The second kappa shape index (κ2) is 6.01. The summed E-state index contributed by atoms with van der Waals surface area (Å²) in [7, 11) is 1.66. The van der Waals surface area contributed by atoms with Crippen molar-refractivity contribution in [1.82, 2.24) is 5.32 Å². The second-order valence-electron chi connectivity index (χ2n) is 7.00. The van der Waals surface area contributed by atoms with Crippen LogP contribution in [0.5, 0.6) is 0 Å². The Balaban J connectivity index is 1.70. The highest BCUT2D eigenvalue weighted by Gasteiger charge is 2.58. The summed E-state index contributed by atoms with van der Waals surface area (Å²) in [6, 6.07) is 7.82. The first-order valence-electron chi connectivity index (χ1n) is 8.04. The predicted octanol–water partition coefficient (Wildman–Crippen LogP) is 2.77. The molecule has 1 aromatic carbocycles. The summed E-state index contributed by atoms with van der Waals surface area (Å²) in [5.41, 5.74) is 1.72. The monoisotopic (exact) mass is 303 g/mol. The van der Waals surface area contributed by atoms with Crippen molar-refractivity contribution < 1.29 is 14.3 Å². The molecule has 0 aromatic heterocycles. The smallest absolute Gasteiger partial charge is 0.251 e. The van der Waals surface area contributed by atoms with E-state index in [1.165, 1.54) is 0 Å². The maximum Gasteiger partial charge on any atom is 0.251 e. The van der Waals surface area contributed by atoms with Crippen LogP contribution >= 0.6 is 0 Å². The van der Waals surface area contributed by atoms with E-state index in [1.807, 2.05) is 24.3 Å². The minimum Gasteiger partial charge on any atom is -0.380 e. The van der Waals surface area contributed by atoms with Gasteiger partial charge in [0.2, 0.25) is 0 Å². The first-order valence-corrected chi connectivity index (χ1v) is 8.04. The molecule has 1 N–H and O–H groups in total. The highest BCUT2D eigenvalue weighted by molar-refractivity contribution is 5.94. The number of rotatable bonds is 4. The highest BCUT2D eigenvalue weighted by atomic mass is 16.5. The van der Waals surface area contributed by atoms with Gasteiger partial charge >= 0.3 is 0 Å². The van der Waals surface area contributed by atoms with E-state index in [0.29, 0.717) is 18.1 Å². The van der Waals surface area contributed by atoms with Gasteiger partial charge in [0.05, 0.1) is 12.7 Å². The third-order valence-electron chi connectivity index (χ3n) is 5.12. The Labute approximate surface area is 132 Å². The van der Waals surface area contributed by atoms with Gasteiger partial charge in [-0.15, -0.1) is 0 Å². The number of carbonyl (C=O) groups is 1. The summed E-state index contributed by atoms with van der Waals surface area (Å²) in [5, 5.41) is 3.23. The van der Waals surface area contributed by atoms with E-state index in [0.717, 1.165) is 25.0 Å². The molecule has 22 heavy (non-hydrogen) atoms. The van der Waals surface area contributed by atoms with Crippen molar-refractivity contribution in [2.24, 2.45) is 11.3 Å². The van der Waals surface area contributed by atoms with Crippen molar-refractivity contribution >= 4 is 5.91 Å². The molecule has 2 fully saturated rings. The van der Waals surface area contributed by atoms with Crippen LogP contribution in [-0.4, -0.2) is 31.8 Å². The van der Waals surface area contributed by atoms with Gasteiger partial charge in [-0.3, -0.25) is 4.79 Å². The number of hydrogen-bond acceptors (Lipinski definition) is 3. The topological polar surface area (TPSA) is 47.6 Å². The summed E-state index contributed by atoms with van der Waals surface area (Å²) in [4.78, 5) is 12.6. The normalized spacial score (nSPS) is 29.3. The Morgan fingerprint density at radius 2 is 2.27 bits per heavy atom. The van der Waals surface area contributed by atoms with E-state index in [9.17, 15) is 4.79 Å². The predicted molar refractivity (Wildman–Crippen MR) is 84.7 cm³/mol. The number of nitrogens with one attached hydrogen (secondary N) is 1. The molecule has 3 rings (SSSR count). The molecule has 1 aliphatic heterocycles. The molecule has 1 heterocycles. The van der Waals surface area contributed by atoms with E-state index in [-0.39, 0.29) is 23.5 Å². The molecule has 0 bridgehead atoms. The lowest BCUT2D eigenvalue weighted by Gasteiger charge is -2.59. The quantitative estimate of drug-likeness (QED) is 0.930. The van der Waals surface area contributed by atoms with E-state index < -0.39 is 0 Å². The maximum absolute atomic E-state index is 12.6. The van der Waals surface area contributed by atoms with Gasteiger partial charge < -0.3 is 14.8 Å². The third kappa shape index (κ3) is 2.66. The Bertz CT molecular complexity index is 555. The molecular formula is C18H25NO3. The fourth-order valence-corrected chi connectivity index (χ4v) is 4.01. The lowest BCUT2D eigenvalue weighted by atomic mass is 9.55. The molecule has 1 saturated carbocycles. The van der Waals surface area contributed by atoms with Crippen molar-refractivity contribution in [2.75, 3.05) is 13.7 Å². The van der Waals surface area contributed by atoms with E-state index in [1.54, 1.807) is 7.11 Å². The van der Waals surface area contributed by atoms with Crippen LogP contribution < -0.4 is 5.32 Å². The van der Waals surface area contributed by atoms with Gasteiger partial charge in [-0.2, -0.15) is 0 Å². The molecule has 3 atom stereocenters. The lowest BCUT2D eigenvalue weighted by Crippen LogP contribution is -2.70. The standard InChI is InChI=1S/C18H25NO3/c1-18(2)15(14-8-5-9-22-16(14)18)19-17(20)13-7-4-6-12(10-13)11-21-3/h4,6-7,10,14-16H,5,8-9,11H2,1-3H3,(H,19,20)/t14-,15+,16+/m0/s1. The van der Waals surface area contributed by atoms with Gasteiger partial charge in [0.1, 0.15) is 0 Å². The van der Waals surface area contributed by atoms with Crippen LogP contribution in [0.4, 0.5) is 0 Å². The van der Waals surface area contributed by atoms with Crippen LogP contribution in [0.25, 0.3) is 0 Å². The number of methoxy groups -OCH3 is 1. The van der Waals surface area contributed by atoms with E-state index in [2.05, 4.69) is 19.2 Å². The number of benzene rings is 1. The lowest BCUT2D eigenvalue weighted by molar-refractivity contribution is -0.189. The summed E-state index contributed by atoms with van der Waals surface area (Å²) in [6.45, 7) is 5.75. The molecule has 0 spiro atoms. The molecule has 1 aromatic rings. The fraction of sp³-hybridized carbons (Fsp3) is 0.611. The fourth-order valence-electron chi connectivity index (χ4n) is 4.01. The number of amides is 1. The minimum atomic E-state index is 0.0000477. The molecule has 0 radical (unpaired) electrons. The minimum absolute atomic E-state index is 0.0000477. The number of hydrogen-bond donors (Lipinski definition) is 1. The van der Waals surface area contributed by atoms with Crippen LogP contribution in [0.2, 0.25) is 0 Å². The van der Waals surface area contributed by atoms with E-state index in [4.69, 9.17) is 9.47 Å².